The lowest BCUT2D eigenvalue weighted by atomic mass is 9.87. The van der Waals surface area contributed by atoms with Crippen LogP contribution in [0.15, 0.2) is 84.9 Å². The molecule has 0 fully saturated rings. The lowest BCUT2D eigenvalue weighted by molar-refractivity contribution is -0.385. The molecule has 0 radical (unpaired) electrons. The van der Waals surface area contributed by atoms with E-state index in [0.29, 0.717) is 38.7 Å². The van der Waals surface area contributed by atoms with Crippen molar-refractivity contribution in [2.45, 2.75) is 0 Å². The first-order chi connectivity index (χ1) is 16.8. The first-order valence-electron chi connectivity index (χ1n) is 10.1. The van der Waals surface area contributed by atoms with E-state index in [9.17, 15) is 34.9 Å². The van der Waals surface area contributed by atoms with Crippen LogP contribution in [0.4, 0.5) is 17.1 Å². The molecule has 11 heteroatoms. The van der Waals surface area contributed by atoms with E-state index in [4.69, 9.17) is 0 Å². The third kappa shape index (κ3) is 4.64. The van der Waals surface area contributed by atoms with Crippen molar-refractivity contribution < 1.29 is 19.3 Å². The largest absolute Gasteiger partial charge is 0.363 e. The Balaban J connectivity index is 2.13. The molecule has 35 heavy (non-hydrogen) atoms. The number of non-ortho nitro benzene ring substituents is 3. The van der Waals surface area contributed by atoms with Gasteiger partial charge in [-0.1, -0.05) is 41.0 Å². The first-order valence-corrected chi connectivity index (χ1v) is 11.0. The Labute approximate surface area is 199 Å². The van der Waals surface area contributed by atoms with Crippen molar-refractivity contribution >= 4 is 30.8 Å². The number of nitro benzene ring substituents is 3. The lowest BCUT2D eigenvalue weighted by Gasteiger charge is -2.16. The van der Waals surface area contributed by atoms with Gasteiger partial charge in [-0.25, -0.2) is 0 Å². The smallest absolute Gasteiger partial charge is 0.258 e. The standard InChI is InChI=1S/C24H14N3O7P/c28-25(29)18-7-1-4-15(12-18)21-10-11-22(35-34)24(17-6-3-9-20(14-17)27(32)33)23(21)16-5-2-8-19(13-16)26(30)31/h1-14H/p+1. The molecular formula is C24H15N3O7P+. The minimum absolute atomic E-state index is 0.154. The van der Waals surface area contributed by atoms with Gasteiger partial charge in [-0.05, 0) is 34.4 Å². The number of hydrogen-bond donors (Lipinski definition) is 0. The van der Waals surface area contributed by atoms with Crippen molar-refractivity contribution in [1.29, 1.82) is 0 Å². The van der Waals surface area contributed by atoms with Gasteiger partial charge >= 0.3 is 8.46 Å². The number of nitrogens with zero attached hydrogens (tertiary/aromatic N) is 3. The van der Waals surface area contributed by atoms with E-state index in [1.807, 2.05) is 0 Å². The lowest BCUT2D eigenvalue weighted by Crippen LogP contribution is -2.04. The van der Waals surface area contributed by atoms with E-state index in [1.54, 1.807) is 30.3 Å². The van der Waals surface area contributed by atoms with Crippen LogP contribution in [0.5, 0.6) is 0 Å². The third-order valence-electron chi connectivity index (χ3n) is 5.37. The summed E-state index contributed by atoms with van der Waals surface area (Å²) in [5, 5.41) is 34.6. The summed E-state index contributed by atoms with van der Waals surface area (Å²) in [7, 11) is -0.935. The molecule has 10 nitrogen and oxygen atoms in total. The normalized spacial score (nSPS) is 10.7. The van der Waals surface area contributed by atoms with Crippen LogP contribution >= 0.6 is 8.46 Å². The van der Waals surface area contributed by atoms with E-state index >= 15 is 0 Å². The van der Waals surface area contributed by atoms with Gasteiger partial charge in [0.25, 0.3) is 17.1 Å². The van der Waals surface area contributed by atoms with Gasteiger partial charge in [0.1, 0.15) is 0 Å². The number of nitro groups is 3. The SMILES string of the molecule is O=[PH+]c1ccc(-c2cccc([N+](=O)[O-])c2)c(-c2cccc([N+](=O)[O-])c2)c1-c1cccc([N+](=O)[O-])c1. The molecule has 0 bridgehead atoms. The summed E-state index contributed by atoms with van der Waals surface area (Å²) in [6, 6.07) is 20.6. The molecule has 1 unspecified atom stereocenters. The van der Waals surface area contributed by atoms with E-state index < -0.39 is 23.2 Å². The molecule has 4 aromatic rings. The Morgan fingerprint density at radius 2 is 0.971 bits per heavy atom. The highest BCUT2D eigenvalue weighted by atomic mass is 31.1. The molecule has 1 atom stereocenters. The molecule has 172 valence electrons. The fourth-order valence-electron chi connectivity index (χ4n) is 3.86. The number of hydrogen-bond acceptors (Lipinski definition) is 7. The van der Waals surface area contributed by atoms with Gasteiger partial charge in [-0.3, -0.25) is 30.3 Å². The first kappa shape index (κ1) is 23.3. The predicted molar refractivity (Wildman–Crippen MR) is 131 cm³/mol. The average molecular weight is 488 g/mol. The maximum atomic E-state index is 12.2. The monoisotopic (exact) mass is 488 g/mol. The molecule has 0 amide bonds. The van der Waals surface area contributed by atoms with E-state index in [1.165, 1.54) is 54.6 Å². The van der Waals surface area contributed by atoms with Crippen LogP contribution in [0, 0.1) is 30.3 Å². The van der Waals surface area contributed by atoms with Gasteiger partial charge in [0.05, 0.1) is 14.8 Å². The molecule has 0 aliphatic heterocycles. The van der Waals surface area contributed by atoms with Gasteiger partial charge < -0.3 is 0 Å². The Bertz CT molecular complexity index is 1520. The van der Waals surface area contributed by atoms with Gasteiger partial charge in [0, 0.05) is 47.5 Å². The fraction of sp³-hybridized carbons (Fsp3) is 0. The van der Waals surface area contributed by atoms with Crippen molar-refractivity contribution in [2.24, 2.45) is 0 Å². The predicted octanol–water partition coefficient (Wildman–Crippen LogP) is 6.06. The van der Waals surface area contributed by atoms with Crippen molar-refractivity contribution in [3.63, 3.8) is 0 Å². The second-order valence-corrected chi connectivity index (χ2v) is 8.18. The molecule has 0 aromatic heterocycles. The Morgan fingerprint density at radius 1 is 0.543 bits per heavy atom. The molecule has 0 saturated carbocycles. The van der Waals surface area contributed by atoms with Crippen LogP contribution < -0.4 is 5.30 Å². The van der Waals surface area contributed by atoms with Gasteiger partial charge in [-0.2, -0.15) is 0 Å². The summed E-state index contributed by atoms with van der Waals surface area (Å²) in [5.74, 6) is 0. The van der Waals surface area contributed by atoms with Crippen molar-refractivity contribution in [3.05, 3.63) is 115 Å². The Hall–Kier alpha value is -4.82. The van der Waals surface area contributed by atoms with Crippen LogP contribution in [0.2, 0.25) is 0 Å². The summed E-state index contributed by atoms with van der Waals surface area (Å²) in [6.45, 7) is 0. The van der Waals surface area contributed by atoms with E-state index in [2.05, 4.69) is 0 Å². The topological polar surface area (TPSA) is 146 Å². The molecule has 0 aliphatic carbocycles. The van der Waals surface area contributed by atoms with Crippen molar-refractivity contribution in [2.75, 3.05) is 0 Å². The molecule has 0 saturated heterocycles. The second kappa shape index (κ2) is 9.58. The third-order valence-corrected chi connectivity index (χ3v) is 6.01. The van der Waals surface area contributed by atoms with Crippen LogP contribution in [0.25, 0.3) is 33.4 Å². The van der Waals surface area contributed by atoms with Crippen molar-refractivity contribution in [1.82, 2.24) is 0 Å². The summed E-state index contributed by atoms with van der Waals surface area (Å²) in [4.78, 5) is 32.6. The van der Waals surface area contributed by atoms with Crippen LogP contribution in [0.1, 0.15) is 0 Å². The van der Waals surface area contributed by atoms with Crippen LogP contribution in [-0.2, 0) is 4.57 Å². The Morgan fingerprint density at radius 3 is 1.43 bits per heavy atom. The quantitative estimate of drug-likeness (QED) is 0.174. The zero-order chi connectivity index (χ0) is 25.1. The molecule has 4 rings (SSSR count). The van der Waals surface area contributed by atoms with Gasteiger partial charge in [0.15, 0.2) is 5.30 Å². The molecule has 0 aliphatic rings. The molecule has 4 aromatic carbocycles. The molecule has 0 heterocycles. The summed E-state index contributed by atoms with van der Waals surface area (Å²) in [6.07, 6.45) is 0. The zero-order valence-electron chi connectivity index (χ0n) is 17.8. The molecule has 0 N–H and O–H groups in total. The summed E-state index contributed by atoms with van der Waals surface area (Å²) >= 11 is 0. The Kier molecular flexibility index (Phi) is 6.39. The minimum atomic E-state index is -0.935. The maximum Gasteiger partial charge on any atom is 0.363 e. The second-order valence-electron chi connectivity index (χ2n) is 7.44. The maximum absolute atomic E-state index is 12.2. The minimum Gasteiger partial charge on any atom is -0.258 e. The summed E-state index contributed by atoms with van der Waals surface area (Å²) in [5.41, 5.74) is 1.97. The van der Waals surface area contributed by atoms with Crippen LogP contribution in [-0.4, -0.2) is 14.8 Å². The molecular weight excluding hydrogens is 473 g/mol. The zero-order valence-corrected chi connectivity index (χ0v) is 18.8. The van der Waals surface area contributed by atoms with Crippen LogP contribution in [0.3, 0.4) is 0 Å². The number of rotatable bonds is 7. The average Bonchev–Trinajstić information content (AvgIpc) is 2.87. The van der Waals surface area contributed by atoms with E-state index in [0.717, 1.165) is 0 Å². The summed E-state index contributed by atoms with van der Waals surface area (Å²) < 4.78 is 12.2. The highest BCUT2D eigenvalue weighted by molar-refractivity contribution is 7.34. The van der Waals surface area contributed by atoms with Gasteiger partial charge in [-0.15, -0.1) is 0 Å². The number of benzene rings is 4. The fourth-order valence-corrected chi connectivity index (χ4v) is 4.39. The van der Waals surface area contributed by atoms with Gasteiger partial charge in [0.2, 0.25) is 0 Å². The molecule has 0 spiro atoms. The highest BCUT2D eigenvalue weighted by Gasteiger charge is 2.24. The van der Waals surface area contributed by atoms with E-state index in [-0.39, 0.29) is 17.1 Å². The highest BCUT2D eigenvalue weighted by Crippen LogP contribution is 2.42. The van der Waals surface area contributed by atoms with Crippen molar-refractivity contribution in [3.8, 4) is 33.4 Å².